The molecular weight excluding hydrogens is 438 g/mol. The number of carboxylic acid groups (broad SMARTS) is 3. The second-order valence-electron chi connectivity index (χ2n) is 8.43. The van der Waals surface area contributed by atoms with Crippen molar-refractivity contribution in [1.29, 1.82) is 0 Å². The molecule has 0 spiro atoms. The summed E-state index contributed by atoms with van der Waals surface area (Å²) in [5.74, 6) is -6.80. The average molecular weight is 472 g/mol. The molecule has 0 bridgehead atoms. The standard InChI is InChI=1S/C26H33NO7/c1-2-27(17-9-14-19-10-5-3-6-11-19)21(16-15-20-12-7-4-8-13-20)23(24(30)31)26(34,25(32)33)18-22(28)29/h3-8,10-13,21,23,34H,2,9,14-18H2,1H3,(H,28,29)(H,30,31)(H,32,33)/t21-,23-,26-/m1/s1. The number of aryl methyl sites for hydroxylation is 2. The SMILES string of the molecule is CCN(CCCc1ccccc1)[C@H](CCc1ccccc1)[C@H](C(=O)O)[C@](O)(CC(=O)O)C(=O)O. The number of aliphatic hydroxyl groups is 1. The highest BCUT2D eigenvalue weighted by molar-refractivity contribution is 5.90. The molecular formula is C26H33NO7. The van der Waals surface area contributed by atoms with Crippen LogP contribution < -0.4 is 0 Å². The van der Waals surface area contributed by atoms with Crippen molar-refractivity contribution in [2.75, 3.05) is 13.1 Å². The molecule has 0 radical (unpaired) electrons. The van der Waals surface area contributed by atoms with E-state index in [0.717, 1.165) is 17.5 Å². The van der Waals surface area contributed by atoms with Crippen LogP contribution >= 0.6 is 0 Å². The highest BCUT2D eigenvalue weighted by Crippen LogP contribution is 2.32. The molecule has 34 heavy (non-hydrogen) atoms. The summed E-state index contributed by atoms with van der Waals surface area (Å²) in [5, 5.41) is 39.9. The number of rotatable bonds is 15. The van der Waals surface area contributed by atoms with Crippen molar-refractivity contribution in [3.8, 4) is 0 Å². The van der Waals surface area contributed by atoms with Crippen LogP contribution in [0.15, 0.2) is 60.7 Å². The van der Waals surface area contributed by atoms with E-state index in [1.165, 1.54) is 0 Å². The zero-order valence-electron chi connectivity index (χ0n) is 19.3. The molecule has 0 unspecified atom stereocenters. The van der Waals surface area contributed by atoms with E-state index in [4.69, 9.17) is 0 Å². The van der Waals surface area contributed by atoms with Gasteiger partial charge in [-0.15, -0.1) is 0 Å². The van der Waals surface area contributed by atoms with Crippen LogP contribution in [-0.4, -0.2) is 68.0 Å². The first-order valence-corrected chi connectivity index (χ1v) is 11.4. The Balaban J connectivity index is 2.35. The highest BCUT2D eigenvalue weighted by Gasteiger charge is 2.54. The van der Waals surface area contributed by atoms with Crippen molar-refractivity contribution in [2.45, 2.75) is 50.7 Å². The number of hydrogen-bond donors (Lipinski definition) is 4. The molecule has 0 amide bonds. The molecule has 0 heterocycles. The van der Waals surface area contributed by atoms with Gasteiger partial charge in [0.25, 0.3) is 0 Å². The van der Waals surface area contributed by atoms with Crippen molar-refractivity contribution in [3.63, 3.8) is 0 Å². The summed E-state index contributed by atoms with van der Waals surface area (Å²) in [4.78, 5) is 37.6. The molecule has 2 rings (SSSR count). The van der Waals surface area contributed by atoms with Crippen LogP contribution in [0.2, 0.25) is 0 Å². The van der Waals surface area contributed by atoms with Crippen molar-refractivity contribution in [3.05, 3.63) is 71.8 Å². The summed E-state index contributed by atoms with van der Waals surface area (Å²) in [6, 6.07) is 18.3. The molecule has 2 aromatic carbocycles. The molecule has 0 aliphatic heterocycles. The molecule has 8 nitrogen and oxygen atoms in total. The lowest BCUT2D eigenvalue weighted by Gasteiger charge is -2.40. The average Bonchev–Trinajstić information content (AvgIpc) is 2.80. The first-order valence-electron chi connectivity index (χ1n) is 11.4. The lowest BCUT2D eigenvalue weighted by atomic mass is 9.76. The van der Waals surface area contributed by atoms with Gasteiger partial charge >= 0.3 is 17.9 Å². The van der Waals surface area contributed by atoms with Gasteiger partial charge in [0.05, 0.1) is 6.42 Å². The summed E-state index contributed by atoms with van der Waals surface area (Å²) >= 11 is 0. The third kappa shape index (κ3) is 7.40. The van der Waals surface area contributed by atoms with Crippen LogP contribution in [0.1, 0.15) is 37.3 Å². The molecule has 2 aromatic rings. The van der Waals surface area contributed by atoms with Crippen LogP contribution in [0.5, 0.6) is 0 Å². The number of benzene rings is 2. The monoisotopic (exact) mass is 471 g/mol. The summed E-state index contributed by atoms with van der Waals surface area (Å²) < 4.78 is 0. The normalized spacial score (nSPS) is 14.8. The molecule has 0 saturated heterocycles. The summed E-state index contributed by atoms with van der Waals surface area (Å²) in [7, 11) is 0. The van der Waals surface area contributed by atoms with Crippen molar-refractivity contribution in [1.82, 2.24) is 4.90 Å². The van der Waals surface area contributed by atoms with Gasteiger partial charge in [0.15, 0.2) is 5.60 Å². The fourth-order valence-electron chi connectivity index (χ4n) is 4.44. The van der Waals surface area contributed by atoms with E-state index in [9.17, 15) is 34.8 Å². The molecule has 0 aromatic heterocycles. The van der Waals surface area contributed by atoms with Gasteiger partial charge in [0.1, 0.15) is 5.92 Å². The van der Waals surface area contributed by atoms with Crippen LogP contribution in [0.3, 0.4) is 0 Å². The maximum Gasteiger partial charge on any atom is 0.337 e. The van der Waals surface area contributed by atoms with Gasteiger partial charge in [-0.2, -0.15) is 0 Å². The Labute approximate surface area is 199 Å². The Morgan fingerprint density at radius 3 is 1.85 bits per heavy atom. The largest absolute Gasteiger partial charge is 0.481 e. The zero-order valence-corrected chi connectivity index (χ0v) is 19.3. The zero-order chi connectivity index (χ0) is 25.1. The smallest absolute Gasteiger partial charge is 0.337 e. The lowest BCUT2D eigenvalue weighted by molar-refractivity contribution is -0.184. The fourth-order valence-corrected chi connectivity index (χ4v) is 4.44. The van der Waals surface area contributed by atoms with E-state index in [1.807, 2.05) is 72.5 Å². The quantitative estimate of drug-likeness (QED) is 0.311. The summed E-state index contributed by atoms with van der Waals surface area (Å²) in [5.41, 5.74) is -0.887. The Hall–Kier alpha value is -3.23. The summed E-state index contributed by atoms with van der Waals surface area (Å²) in [6.07, 6.45) is 0.931. The van der Waals surface area contributed by atoms with E-state index >= 15 is 0 Å². The fraction of sp³-hybridized carbons (Fsp3) is 0.423. The van der Waals surface area contributed by atoms with Gasteiger partial charge in [0.2, 0.25) is 0 Å². The van der Waals surface area contributed by atoms with Gasteiger partial charge in [-0.3, -0.25) is 14.5 Å². The first kappa shape index (κ1) is 27.0. The van der Waals surface area contributed by atoms with E-state index in [-0.39, 0.29) is 6.42 Å². The van der Waals surface area contributed by atoms with Gasteiger partial charge in [-0.05, 0) is 49.9 Å². The molecule has 4 N–H and O–H groups in total. The van der Waals surface area contributed by atoms with Crippen LogP contribution in [-0.2, 0) is 27.2 Å². The minimum atomic E-state index is -2.95. The van der Waals surface area contributed by atoms with Crippen LogP contribution in [0.25, 0.3) is 0 Å². The summed E-state index contributed by atoms with van der Waals surface area (Å²) in [6.45, 7) is 2.73. The number of nitrogens with zero attached hydrogens (tertiary/aromatic N) is 1. The van der Waals surface area contributed by atoms with Gasteiger partial charge in [-0.1, -0.05) is 67.6 Å². The third-order valence-electron chi connectivity index (χ3n) is 6.16. The topological polar surface area (TPSA) is 135 Å². The lowest BCUT2D eigenvalue weighted by Crippen LogP contribution is -2.59. The molecule has 0 saturated carbocycles. The number of carboxylic acids is 3. The Kier molecular flexibility index (Phi) is 10.2. The first-order chi connectivity index (χ1) is 16.2. The minimum absolute atomic E-state index is 0.245. The molecule has 8 heteroatoms. The van der Waals surface area contributed by atoms with E-state index in [1.54, 1.807) is 0 Å². The van der Waals surface area contributed by atoms with Crippen molar-refractivity contribution in [2.24, 2.45) is 5.92 Å². The number of hydrogen-bond acceptors (Lipinski definition) is 5. The Morgan fingerprint density at radius 2 is 1.41 bits per heavy atom. The van der Waals surface area contributed by atoms with Gasteiger partial charge in [0, 0.05) is 6.04 Å². The predicted molar refractivity (Wildman–Crippen MR) is 127 cm³/mol. The number of aliphatic carboxylic acids is 3. The third-order valence-corrected chi connectivity index (χ3v) is 6.16. The molecule has 3 atom stereocenters. The Bertz CT molecular complexity index is 935. The van der Waals surface area contributed by atoms with Crippen LogP contribution in [0, 0.1) is 5.92 Å². The van der Waals surface area contributed by atoms with Crippen LogP contribution in [0.4, 0.5) is 0 Å². The van der Waals surface area contributed by atoms with E-state index in [2.05, 4.69) is 0 Å². The van der Waals surface area contributed by atoms with Gasteiger partial charge in [-0.25, -0.2) is 4.79 Å². The maximum absolute atomic E-state index is 12.4. The van der Waals surface area contributed by atoms with Gasteiger partial charge < -0.3 is 20.4 Å². The number of carbonyl (C=O) groups is 3. The molecule has 184 valence electrons. The highest BCUT2D eigenvalue weighted by atomic mass is 16.4. The Morgan fingerprint density at radius 1 is 0.882 bits per heavy atom. The van der Waals surface area contributed by atoms with Crippen molar-refractivity contribution < 1.29 is 34.8 Å². The molecule has 0 aliphatic rings. The second kappa shape index (κ2) is 12.9. The van der Waals surface area contributed by atoms with Crippen molar-refractivity contribution >= 4 is 17.9 Å². The minimum Gasteiger partial charge on any atom is -0.481 e. The van der Waals surface area contributed by atoms with E-state index < -0.39 is 41.9 Å². The van der Waals surface area contributed by atoms with E-state index in [0.29, 0.717) is 25.9 Å². The molecule has 0 aliphatic carbocycles. The maximum atomic E-state index is 12.4. The second-order valence-corrected chi connectivity index (χ2v) is 8.43. The predicted octanol–water partition coefficient (Wildman–Crippen LogP) is 2.93. The molecule has 0 fully saturated rings.